The van der Waals surface area contributed by atoms with Gasteiger partial charge in [-0.1, -0.05) is 48.8 Å². The van der Waals surface area contributed by atoms with Gasteiger partial charge in [0.2, 0.25) is 5.91 Å². The molecule has 1 N–H and O–H groups in total. The summed E-state index contributed by atoms with van der Waals surface area (Å²) in [7, 11) is 1.92. The molecular weight excluding hydrogens is 358 g/mol. The van der Waals surface area contributed by atoms with E-state index in [-0.39, 0.29) is 5.91 Å². The molecule has 1 saturated carbocycles. The molecular formula is C20H25N5OS. The third-order valence-corrected chi connectivity index (χ3v) is 6.32. The summed E-state index contributed by atoms with van der Waals surface area (Å²) in [5.41, 5.74) is 2.79. The fourth-order valence-corrected chi connectivity index (χ4v) is 4.59. The highest BCUT2D eigenvalue weighted by Crippen LogP contribution is 2.31. The summed E-state index contributed by atoms with van der Waals surface area (Å²) in [6, 6.07) is 10.4. The Hall–Kier alpha value is -2.41. The topological polar surface area (TPSA) is 63.1 Å². The first kappa shape index (κ1) is 18.0. The Morgan fingerprint density at radius 1 is 1.26 bits per heavy atom. The molecule has 2 aromatic heterocycles. The molecule has 1 aromatic carbocycles. The molecule has 2 heterocycles. The standard InChI is InChI=1S/C20H25N5OS/c1-14-18-19(25(23-14)16-11-7-4-8-12-16)22-20(27-18)24(2)13-17(26)21-15-9-5-3-6-10-15/h4,7-8,11-12,15H,3,5-6,9-10,13H2,1-2H3,(H,21,26). The molecule has 0 unspecified atom stereocenters. The third-order valence-electron chi connectivity index (χ3n) is 5.06. The van der Waals surface area contributed by atoms with E-state index in [2.05, 4.69) is 10.4 Å². The van der Waals surface area contributed by atoms with Crippen LogP contribution in [0, 0.1) is 6.92 Å². The lowest BCUT2D eigenvalue weighted by Crippen LogP contribution is -2.41. The SMILES string of the molecule is Cc1nn(-c2ccccc2)c2nc(N(C)CC(=O)NC3CCCCC3)sc12. The molecule has 1 aliphatic carbocycles. The van der Waals surface area contributed by atoms with Crippen molar-refractivity contribution in [1.82, 2.24) is 20.1 Å². The number of aryl methyl sites for hydroxylation is 1. The summed E-state index contributed by atoms with van der Waals surface area (Å²) in [6.07, 6.45) is 5.92. The van der Waals surface area contributed by atoms with Gasteiger partial charge in [0, 0.05) is 13.1 Å². The molecule has 0 saturated heterocycles. The Morgan fingerprint density at radius 2 is 2.00 bits per heavy atom. The van der Waals surface area contributed by atoms with Gasteiger partial charge in [-0.05, 0) is 31.9 Å². The van der Waals surface area contributed by atoms with Gasteiger partial charge in [0.05, 0.1) is 22.6 Å². The molecule has 6 nitrogen and oxygen atoms in total. The number of carbonyl (C=O) groups is 1. The normalized spacial score (nSPS) is 15.2. The molecule has 4 rings (SSSR count). The monoisotopic (exact) mass is 383 g/mol. The first-order valence-corrected chi connectivity index (χ1v) is 10.4. The molecule has 1 aliphatic rings. The Morgan fingerprint density at radius 3 is 2.74 bits per heavy atom. The average molecular weight is 384 g/mol. The van der Waals surface area contributed by atoms with Crippen molar-refractivity contribution in [3.05, 3.63) is 36.0 Å². The van der Waals surface area contributed by atoms with E-state index in [1.54, 1.807) is 11.3 Å². The van der Waals surface area contributed by atoms with Gasteiger partial charge < -0.3 is 10.2 Å². The molecule has 3 aromatic rings. The maximum atomic E-state index is 12.4. The number of likely N-dealkylation sites (N-methyl/N-ethyl adjacent to an activating group) is 1. The number of fused-ring (bicyclic) bond motifs is 1. The smallest absolute Gasteiger partial charge is 0.239 e. The number of thiazole rings is 1. The van der Waals surface area contributed by atoms with Crippen LogP contribution in [0.2, 0.25) is 0 Å². The zero-order chi connectivity index (χ0) is 18.8. The third kappa shape index (κ3) is 3.83. The van der Waals surface area contributed by atoms with Crippen LogP contribution < -0.4 is 10.2 Å². The van der Waals surface area contributed by atoms with Crippen molar-refractivity contribution in [1.29, 1.82) is 0 Å². The van der Waals surface area contributed by atoms with E-state index >= 15 is 0 Å². The number of carbonyl (C=O) groups excluding carboxylic acids is 1. The van der Waals surface area contributed by atoms with Crippen LogP contribution in [-0.4, -0.2) is 40.3 Å². The highest BCUT2D eigenvalue weighted by Gasteiger charge is 2.20. The molecule has 0 aliphatic heterocycles. The van der Waals surface area contributed by atoms with Gasteiger partial charge in [0.1, 0.15) is 0 Å². The van der Waals surface area contributed by atoms with Crippen LogP contribution in [0.15, 0.2) is 30.3 Å². The van der Waals surface area contributed by atoms with Crippen LogP contribution in [0.25, 0.3) is 16.0 Å². The van der Waals surface area contributed by atoms with Crippen LogP contribution in [0.1, 0.15) is 37.8 Å². The minimum Gasteiger partial charge on any atom is -0.352 e. The highest BCUT2D eigenvalue weighted by atomic mass is 32.1. The lowest BCUT2D eigenvalue weighted by molar-refractivity contribution is -0.120. The summed E-state index contributed by atoms with van der Waals surface area (Å²) >= 11 is 1.59. The van der Waals surface area contributed by atoms with Crippen LogP contribution >= 0.6 is 11.3 Å². The number of amides is 1. The molecule has 1 fully saturated rings. The number of para-hydroxylation sites is 1. The van der Waals surface area contributed by atoms with Crippen molar-refractivity contribution in [2.45, 2.75) is 45.1 Å². The van der Waals surface area contributed by atoms with Crippen molar-refractivity contribution < 1.29 is 4.79 Å². The molecule has 7 heteroatoms. The summed E-state index contributed by atoms with van der Waals surface area (Å²) in [5, 5.41) is 8.64. The van der Waals surface area contributed by atoms with Crippen LogP contribution in [0.4, 0.5) is 5.13 Å². The lowest BCUT2D eigenvalue weighted by Gasteiger charge is -2.24. The van der Waals surface area contributed by atoms with E-state index in [1.165, 1.54) is 19.3 Å². The Balaban J connectivity index is 1.51. The van der Waals surface area contributed by atoms with E-state index < -0.39 is 0 Å². The summed E-state index contributed by atoms with van der Waals surface area (Å²) in [6.45, 7) is 2.32. The number of aromatic nitrogens is 3. The van der Waals surface area contributed by atoms with Crippen molar-refractivity contribution >= 4 is 32.7 Å². The van der Waals surface area contributed by atoms with E-state index in [0.717, 1.165) is 39.7 Å². The van der Waals surface area contributed by atoms with Gasteiger partial charge in [0.25, 0.3) is 0 Å². The Labute approximate surface area is 163 Å². The molecule has 1 amide bonds. The van der Waals surface area contributed by atoms with Gasteiger partial charge in [-0.2, -0.15) is 10.1 Å². The van der Waals surface area contributed by atoms with E-state index in [1.807, 2.05) is 53.9 Å². The number of hydrogen-bond acceptors (Lipinski definition) is 5. The summed E-state index contributed by atoms with van der Waals surface area (Å²) in [4.78, 5) is 19.1. The quantitative estimate of drug-likeness (QED) is 0.730. The van der Waals surface area contributed by atoms with Gasteiger partial charge in [-0.25, -0.2) is 4.68 Å². The molecule has 0 spiro atoms. The number of nitrogens with zero attached hydrogens (tertiary/aromatic N) is 4. The zero-order valence-corrected chi connectivity index (χ0v) is 16.6. The number of benzene rings is 1. The lowest BCUT2D eigenvalue weighted by atomic mass is 9.95. The minimum absolute atomic E-state index is 0.0741. The van der Waals surface area contributed by atoms with Crippen LogP contribution in [0.5, 0.6) is 0 Å². The number of anilines is 1. The van der Waals surface area contributed by atoms with Crippen LogP contribution in [-0.2, 0) is 4.79 Å². The average Bonchev–Trinajstić information content (AvgIpc) is 3.24. The number of rotatable bonds is 5. The fraction of sp³-hybridized carbons (Fsp3) is 0.450. The van der Waals surface area contributed by atoms with Gasteiger partial charge in [-0.15, -0.1) is 0 Å². The molecule has 27 heavy (non-hydrogen) atoms. The van der Waals surface area contributed by atoms with Gasteiger partial charge in [0.15, 0.2) is 10.8 Å². The van der Waals surface area contributed by atoms with E-state index in [9.17, 15) is 4.79 Å². The predicted molar refractivity (Wildman–Crippen MR) is 110 cm³/mol. The minimum atomic E-state index is 0.0741. The number of nitrogens with one attached hydrogen (secondary N) is 1. The second-order valence-electron chi connectivity index (χ2n) is 7.24. The second kappa shape index (κ2) is 7.68. The summed E-state index contributed by atoms with van der Waals surface area (Å²) < 4.78 is 2.94. The van der Waals surface area contributed by atoms with Crippen molar-refractivity contribution in [2.75, 3.05) is 18.5 Å². The Bertz CT molecular complexity index is 927. The largest absolute Gasteiger partial charge is 0.352 e. The van der Waals surface area contributed by atoms with E-state index in [0.29, 0.717) is 12.6 Å². The first-order chi connectivity index (χ1) is 13.1. The first-order valence-electron chi connectivity index (χ1n) is 9.54. The fourth-order valence-electron chi connectivity index (χ4n) is 3.64. The maximum absolute atomic E-state index is 12.4. The van der Waals surface area contributed by atoms with Crippen molar-refractivity contribution in [3.63, 3.8) is 0 Å². The van der Waals surface area contributed by atoms with E-state index in [4.69, 9.17) is 4.98 Å². The zero-order valence-electron chi connectivity index (χ0n) is 15.8. The highest BCUT2D eigenvalue weighted by molar-refractivity contribution is 7.22. The molecule has 142 valence electrons. The van der Waals surface area contributed by atoms with Crippen molar-refractivity contribution in [2.24, 2.45) is 0 Å². The second-order valence-corrected chi connectivity index (χ2v) is 8.22. The molecule has 0 bridgehead atoms. The molecule has 0 radical (unpaired) electrons. The maximum Gasteiger partial charge on any atom is 0.239 e. The van der Waals surface area contributed by atoms with Gasteiger partial charge in [-0.3, -0.25) is 4.79 Å². The molecule has 0 atom stereocenters. The van der Waals surface area contributed by atoms with Gasteiger partial charge >= 0.3 is 0 Å². The summed E-state index contributed by atoms with van der Waals surface area (Å²) in [5.74, 6) is 0.0741. The number of hydrogen-bond donors (Lipinski definition) is 1. The Kier molecular flexibility index (Phi) is 5.11. The predicted octanol–water partition coefficient (Wildman–Crippen LogP) is 3.68. The van der Waals surface area contributed by atoms with Crippen molar-refractivity contribution in [3.8, 4) is 5.69 Å². The van der Waals surface area contributed by atoms with Crippen LogP contribution in [0.3, 0.4) is 0 Å².